The maximum atomic E-state index is 12.0. The molecule has 1 atom stereocenters. The average Bonchev–Trinajstić information content (AvgIpc) is 3.10. The fourth-order valence-electron chi connectivity index (χ4n) is 2.07. The highest BCUT2D eigenvalue weighted by Crippen LogP contribution is 2.48. The van der Waals surface area contributed by atoms with Crippen LogP contribution in [0.4, 0.5) is 5.69 Å². The Balaban J connectivity index is 2.18. The molecule has 3 nitrogen and oxygen atoms in total. The van der Waals surface area contributed by atoms with Crippen LogP contribution in [-0.2, 0) is 0 Å². The second-order valence-electron chi connectivity index (χ2n) is 5.91. The molecule has 0 heterocycles. The Labute approximate surface area is 119 Å². The van der Waals surface area contributed by atoms with Crippen LogP contribution in [0.2, 0.25) is 5.02 Å². The lowest BCUT2D eigenvalue weighted by molar-refractivity contribution is 0.0828. The smallest absolute Gasteiger partial charge is 0.254 e. The zero-order valence-corrected chi connectivity index (χ0v) is 12.7. The van der Waals surface area contributed by atoms with Gasteiger partial charge in [0.15, 0.2) is 0 Å². The fraction of sp³-hybridized carbons (Fsp3) is 0.533. The van der Waals surface area contributed by atoms with Crippen molar-refractivity contribution in [2.24, 2.45) is 5.41 Å². The molecule has 1 fully saturated rings. The zero-order chi connectivity index (χ0) is 14.2. The summed E-state index contributed by atoms with van der Waals surface area (Å²) >= 11 is 6.10. The lowest BCUT2D eigenvalue weighted by atomic mass is 10.0. The highest BCUT2D eigenvalue weighted by molar-refractivity contribution is 6.34. The molecule has 1 aliphatic rings. The monoisotopic (exact) mass is 280 g/mol. The predicted octanol–water partition coefficient (Wildman–Crippen LogP) is 3.64. The van der Waals surface area contributed by atoms with E-state index in [0.29, 0.717) is 22.0 Å². The Morgan fingerprint density at radius 1 is 1.42 bits per heavy atom. The lowest BCUT2D eigenvalue weighted by Crippen LogP contribution is -2.25. The van der Waals surface area contributed by atoms with Gasteiger partial charge in [-0.15, -0.1) is 0 Å². The van der Waals surface area contributed by atoms with Crippen LogP contribution in [0.15, 0.2) is 18.2 Å². The van der Waals surface area contributed by atoms with Crippen molar-refractivity contribution in [3.8, 4) is 0 Å². The predicted molar refractivity (Wildman–Crippen MR) is 79.9 cm³/mol. The molecule has 1 unspecified atom stereocenters. The summed E-state index contributed by atoms with van der Waals surface area (Å²) in [6.07, 6.45) is 2.52. The quantitative estimate of drug-likeness (QED) is 0.913. The van der Waals surface area contributed by atoms with E-state index in [2.05, 4.69) is 19.2 Å². The molecule has 0 saturated heterocycles. The van der Waals surface area contributed by atoms with Crippen LogP contribution < -0.4 is 5.32 Å². The number of hydrogen-bond acceptors (Lipinski definition) is 2. The summed E-state index contributed by atoms with van der Waals surface area (Å²) in [5, 5.41) is 3.97. The Morgan fingerprint density at radius 3 is 2.58 bits per heavy atom. The molecule has 1 saturated carbocycles. The van der Waals surface area contributed by atoms with Gasteiger partial charge < -0.3 is 10.2 Å². The summed E-state index contributed by atoms with van der Waals surface area (Å²) in [5.41, 5.74) is 1.89. The molecule has 1 N–H and O–H groups in total. The summed E-state index contributed by atoms with van der Waals surface area (Å²) in [7, 11) is 3.46. The third-order valence-electron chi connectivity index (χ3n) is 4.07. The summed E-state index contributed by atoms with van der Waals surface area (Å²) < 4.78 is 0. The summed E-state index contributed by atoms with van der Waals surface area (Å²) in [4.78, 5) is 13.6. The minimum absolute atomic E-state index is 0.0704. The van der Waals surface area contributed by atoms with Gasteiger partial charge in [-0.1, -0.05) is 18.5 Å². The van der Waals surface area contributed by atoms with E-state index in [9.17, 15) is 4.79 Å². The topological polar surface area (TPSA) is 32.3 Å². The first-order chi connectivity index (χ1) is 8.83. The number of anilines is 1. The molecule has 1 aromatic carbocycles. The van der Waals surface area contributed by atoms with Crippen LogP contribution in [-0.4, -0.2) is 30.9 Å². The van der Waals surface area contributed by atoms with Crippen LogP contribution in [0.1, 0.15) is 37.0 Å². The largest absolute Gasteiger partial charge is 0.382 e. The van der Waals surface area contributed by atoms with Gasteiger partial charge in [0.1, 0.15) is 0 Å². The second kappa shape index (κ2) is 5.04. The second-order valence-corrected chi connectivity index (χ2v) is 6.32. The van der Waals surface area contributed by atoms with Crippen molar-refractivity contribution in [3.05, 3.63) is 28.8 Å². The van der Waals surface area contributed by atoms with E-state index in [0.717, 1.165) is 5.69 Å². The number of hydrogen-bond donors (Lipinski definition) is 1. The first kappa shape index (κ1) is 14.2. The van der Waals surface area contributed by atoms with E-state index < -0.39 is 0 Å². The summed E-state index contributed by atoms with van der Waals surface area (Å²) in [6, 6.07) is 5.95. The molecular formula is C15H21ClN2O. The van der Waals surface area contributed by atoms with E-state index in [4.69, 9.17) is 11.6 Å². The number of carbonyl (C=O) groups is 1. The highest BCUT2D eigenvalue weighted by atomic mass is 35.5. The van der Waals surface area contributed by atoms with E-state index in [1.165, 1.54) is 17.7 Å². The number of nitrogens with one attached hydrogen (secondary N) is 1. The number of benzene rings is 1. The number of rotatable bonds is 4. The number of amides is 1. The molecular weight excluding hydrogens is 260 g/mol. The van der Waals surface area contributed by atoms with Crippen LogP contribution in [0.3, 0.4) is 0 Å². The molecule has 1 amide bonds. The molecule has 0 spiro atoms. The van der Waals surface area contributed by atoms with Crippen molar-refractivity contribution >= 4 is 23.2 Å². The first-order valence-corrected chi connectivity index (χ1v) is 6.99. The van der Waals surface area contributed by atoms with Gasteiger partial charge in [-0.05, 0) is 43.4 Å². The van der Waals surface area contributed by atoms with Crippen molar-refractivity contribution in [1.82, 2.24) is 4.90 Å². The molecule has 0 aliphatic heterocycles. The summed E-state index contributed by atoms with van der Waals surface area (Å²) in [6.45, 7) is 4.47. The summed E-state index contributed by atoms with van der Waals surface area (Å²) in [5.74, 6) is -0.0704. The SMILES string of the molecule is CC(Nc1ccc(Cl)c(C(=O)N(C)C)c1)C1(C)CC1. The van der Waals surface area contributed by atoms with Gasteiger partial charge in [-0.3, -0.25) is 4.79 Å². The molecule has 2 rings (SSSR count). The minimum Gasteiger partial charge on any atom is -0.382 e. The van der Waals surface area contributed by atoms with Gasteiger partial charge in [0, 0.05) is 25.8 Å². The molecule has 19 heavy (non-hydrogen) atoms. The van der Waals surface area contributed by atoms with Crippen molar-refractivity contribution < 1.29 is 4.79 Å². The van der Waals surface area contributed by atoms with E-state index in [1.807, 2.05) is 12.1 Å². The Hall–Kier alpha value is -1.22. The third kappa shape index (κ3) is 3.03. The minimum atomic E-state index is -0.0704. The molecule has 4 heteroatoms. The lowest BCUT2D eigenvalue weighted by Gasteiger charge is -2.22. The van der Waals surface area contributed by atoms with Crippen LogP contribution in [0, 0.1) is 5.41 Å². The van der Waals surface area contributed by atoms with Crippen molar-refractivity contribution in [1.29, 1.82) is 0 Å². The van der Waals surface area contributed by atoms with Gasteiger partial charge in [0.2, 0.25) is 0 Å². The molecule has 104 valence electrons. The van der Waals surface area contributed by atoms with E-state index in [1.54, 1.807) is 20.2 Å². The molecule has 0 bridgehead atoms. The van der Waals surface area contributed by atoms with Gasteiger partial charge in [0.05, 0.1) is 10.6 Å². The van der Waals surface area contributed by atoms with Gasteiger partial charge in [-0.2, -0.15) is 0 Å². The zero-order valence-electron chi connectivity index (χ0n) is 12.0. The molecule has 1 aliphatic carbocycles. The van der Waals surface area contributed by atoms with Crippen LogP contribution >= 0.6 is 11.6 Å². The van der Waals surface area contributed by atoms with E-state index in [-0.39, 0.29) is 5.91 Å². The van der Waals surface area contributed by atoms with Crippen molar-refractivity contribution in [2.45, 2.75) is 32.7 Å². The maximum absolute atomic E-state index is 12.0. The average molecular weight is 281 g/mol. The Kier molecular flexibility index (Phi) is 3.77. The molecule has 1 aromatic rings. The third-order valence-corrected chi connectivity index (χ3v) is 4.40. The normalized spacial score (nSPS) is 17.7. The number of halogens is 1. The molecule has 0 aromatic heterocycles. The van der Waals surface area contributed by atoms with Gasteiger partial charge in [-0.25, -0.2) is 0 Å². The van der Waals surface area contributed by atoms with Crippen LogP contribution in [0.5, 0.6) is 0 Å². The number of carbonyl (C=O) groups excluding carboxylic acids is 1. The van der Waals surface area contributed by atoms with Crippen molar-refractivity contribution in [3.63, 3.8) is 0 Å². The van der Waals surface area contributed by atoms with Crippen LogP contribution in [0.25, 0.3) is 0 Å². The first-order valence-electron chi connectivity index (χ1n) is 6.61. The standard InChI is InChI=1S/C15H21ClN2O/c1-10(15(2)7-8-15)17-11-5-6-13(16)12(9-11)14(19)18(3)4/h5-6,9-10,17H,7-8H2,1-4H3. The van der Waals surface area contributed by atoms with E-state index >= 15 is 0 Å². The number of nitrogens with zero attached hydrogens (tertiary/aromatic N) is 1. The maximum Gasteiger partial charge on any atom is 0.254 e. The highest BCUT2D eigenvalue weighted by Gasteiger charge is 2.42. The van der Waals surface area contributed by atoms with Gasteiger partial charge >= 0.3 is 0 Å². The molecule has 0 radical (unpaired) electrons. The fourth-order valence-corrected chi connectivity index (χ4v) is 2.27. The van der Waals surface area contributed by atoms with Crippen molar-refractivity contribution in [2.75, 3.05) is 19.4 Å². The Bertz CT molecular complexity index is 495. The van der Waals surface area contributed by atoms with Gasteiger partial charge in [0.25, 0.3) is 5.91 Å². The Morgan fingerprint density at radius 2 is 2.05 bits per heavy atom.